The number of phosphoric acid groups is 3. The van der Waals surface area contributed by atoms with E-state index in [9.17, 15) is 36.6 Å². The van der Waals surface area contributed by atoms with Crippen molar-refractivity contribution >= 4 is 29.3 Å². The van der Waals surface area contributed by atoms with Crippen LogP contribution in [0.2, 0.25) is 0 Å². The van der Waals surface area contributed by atoms with Gasteiger partial charge in [-0.3, -0.25) is 9.09 Å². The summed E-state index contributed by atoms with van der Waals surface area (Å²) < 4.78 is 91.6. The third-order valence-electron chi connectivity index (χ3n) is 3.62. The summed E-state index contributed by atoms with van der Waals surface area (Å²) in [5.74, 6) is -0.248. The molecule has 5 atom stereocenters. The van der Waals surface area contributed by atoms with Crippen LogP contribution >= 0.6 is 23.5 Å². The van der Waals surface area contributed by atoms with Crippen LogP contribution < -0.4 is 11.4 Å². The highest BCUT2D eigenvalue weighted by Gasteiger charge is 2.56. The van der Waals surface area contributed by atoms with Crippen molar-refractivity contribution in [1.29, 1.82) is 0 Å². The van der Waals surface area contributed by atoms with Gasteiger partial charge in [0.15, 0.2) is 11.8 Å². The number of halogens is 3. The topological polar surface area (TPSA) is 230 Å². The third-order valence-corrected chi connectivity index (χ3v) is 7.40. The van der Waals surface area contributed by atoms with E-state index >= 15 is 0 Å². The molecule has 0 spiro atoms. The van der Waals surface area contributed by atoms with Crippen molar-refractivity contribution in [2.75, 3.05) is 12.3 Å². The number of phosphoric ester groups is 1. The SMILES string of the molecule is Nc1ccn(C2OC(COP(=O)(O)OP(=O)(O)OP(=O)(O)O)(C(F)F)CC2F)c(=O)n1. The molecule has 5 unspecified atom stereocenters. The lowest BCUT2D eigenvalue weighted by Crippen LogP contribution is -2.42. The first-order valence-electron chi connectivity index (χ1n) is 7.68. The summed E-state index contributed by atoms with van der Waals surface area (Å²) in [6.45, 7) is -1.61. The zero-order chi connectivity index (χ0) is 23.8. The van der Waals surface area contributed by atoms with E-state index in [2.05, 4.69) is 18.1 Å². The van der Waals surface area contributed by atoms with E-state index in [1.54, 1.807) is 0 Å². The predicted octanol–water partition coefficient (Wildman–Crippen LogP) is 0.430. The van der Waals surface area contributed by atoms with E-state index in [0.717, 1.165) is 12.3 Å². The lowest BCUT2D eigenvalue weighted by molar-refractivity contribution is -0.169. The standard InChI is InChI=1S/C10H15F3N3O12P3/c11-5-3-10(8(12)13,26-7(5)16-2-1-6(14)15-9(16)17)4-25-30(21,22)28-31(23,24)27-29(18,19)20/h1-2,5,7-8H,3-4H2,(H,21,22)(H,23,24)(H2,14,15,17)(H2,18,19,20). The molecule has 21 heteroatoms. The van der Waals surface area contributed by atoms with Crippen LogP contribution in [0.25, 0.3) is 0 Å². The van der Waals surface area contributed by atoms with Crippen LogP contribution in [0.15, 0.2) is 17.1 Å². The first-order chi connectivity index (χ1) is 14.0. The van der Waals surface area contributed by atoms with Gasteiger partial charge in [0.2, 0.25) is 0 Å². The molecule has 31 heavy (non-hydrogen) atoms. The quantitative estimate of drug-likeness (QED) is 0.279. The fourth-order valence-electron chi connectivity index (χ4n) is 2.43. The Labute approximate surface area is 170 Å². The Kier molecular flexibility index (Phi) is 7.57. The van der Waals surface area contributed by atoms with Gasteiger partial charge in [0, 0.05) is 12.6 Å². The van der Waals surface area contributed by atoms with E-state index in [-0.39, 0.29) is 5.82 Å². The molecule has 2 heterocycles. The van der Waals surface area contributed by atoms with Crippen LogP contribution in [0.4, 0.5) is 19.0 Å². The van der Waals surface area contributed by atoms with Gasteiger partial charge in [0.05, 0.1) is 6.61 Å². The molecule has 0 aliphatic carbocycles. The first-order valence-corrected chi connectivity index (χ1v) is 12.2. The van der Waals surface area contributed by atoms with Crippen LogP contribution in [-0.2, 0) is 31.6 Å². The predicted molar refractivity (Wildman–Crippen MR) is 91.1 cm³/mol. The molecule has 0 bridgehead atoms. The van der Waals surface area contributed by atoms with Gasteiger partial charge in [0.1, 0.15) is 12.0 Å². The minimum Gasteiger partial charge on any atom is -0.383 e. The van der Waals surface area contributed by atoms with Crippen LogP contribution in [0.3, 0.4) is 0 Å². The van der Waals surface area contributed by atoms with E-state index < -0.39 is 66.6 Å². The lowest BCUT2D eigenvalue weighted by Gasteiger charge is -2.28. The van der Waals surface area contributed by atoms with Gasteiger partial charge in [-0.2, -0.15) is 13.6 Å². The van der Waals surface area contributed by atoms with Crippen molar-refractivity contribution in [1.82, 2.24) is 9.55 Å². The minimum atomic E-state index is -5.90. The van der Waals surface area contributed by atoms with Crippen molar-refractivity contribution < 1.29 is 64.3 Å². The molecule has 1 aromatic rings. The molecule has 15 nitrogen and oxygen atoms in total. The fraction of sp³-hybridized carbons (Fsp3) is 0.600. The Hall–Kier alpha value is -1.16. The summed E-state index contributed by atoms with van der Waals surface area (Å²) in [7, 11) is -17.3. The van der Waals surface area contributed by atoms with Gasteiger partial charge < -0.3 is 30.0 Å². The lowest BCUT2D eigenvalue weighted by atomic mass is 10.0. The van der Waals surface area contributed by atoms with E-state index in [4.69, 9.17) is 25.2 Å². The van der Waals surface area contributed by atoms with Gasteiger partial charge in [-0.05, 0) is 6.07 Å². The van der Waals surface area contributed by atoms with Crippen LogP contribution in [0.1, 0.15) is 12.6 Å². The monoisotopic (exact) mass is 519 g/mol. The second-order valence-corrected chi connectivity index (χ2v) is 10.4. The summed E-state index contributed by atoms with van der Waals surface area (Å²) in [6, 6.07) is 1.05. The number of ether oxygens (including phenoxy) is 1. The molecule has 178 valence electrons. The highest BCUT2D eigenvalue weighted by molar-refractivity contribution is 7.66. The second-order valence-electron chi connectivity index (χ2n) is 6.00. The van der Waals surface area contributed by atoms with Gasteiger partial charge >= 0.3 is 29.2 Å². The summed E-state index contributed by atoms with van der Waals surface area (Å²) in [6.07, 6.45) is -8.05. The maximum Gasteiger partial charge on any atom is 0.490 e. The number of anilines is 1. The molecule has 6 N–H and O–H groups in total. The molecule has 2 rings (SSSR count). The molecule has 0 aromatic carbocycles. The molecule has 1 aliphatic heterocycles. The number of hydrogen-bond acceptors (Lipinski definition) is 10. The molecule has 1 aromatic heterocycles. The normalized spacial score (nSPS) is 28.4. The Balaban J connectivity index is 2.19. The number of rotatable bonds is 9. The van der Waals surface area contributed by atoms with Crippen LogP contribution in [0, 0.1) is 0 Å². The zero-order valence-electron chi connectivity index (χ0n) is 14.8. The summed E-state index contributed by atoms with van der Waals surface area (Å²) >= 11 is 0. The smallest absolute Gasteiger partial charge is 0.383 e. The Morgan fingerprint density at radius 3 is 2.39 bits per heavy atom. The van der Waals surface area contributed by atoms with Crippen molar-refractivity contribution in [3.63, 3.8) is 0 Å². The maximum absolute atomic E-state index is 14.4. The average Bonchev–Trinajstić information content (AvgIpc) is 2.88. The molecule has 0 amide bonds. The summed E-state index contributed by atoms with van der Waals surface area (Å²) in [5.41, 5.74) is 1.19. The van der Waals surface area contributed by atoms with Gasteiger partial charge in [0.25, 0.3) is 6.43 Å². The number of aromatic nitrogens is 2. The van der Waals surface area contributed by atoms with Crippen molar-refractivity contribution in [3.05, 3.63) is 22.7 Å². The fourth-order valence-corrected chi connectivity index (χ4v) is 5.51. The summed E-state index contributed by atoms with van der Waals surface area (Å²) in [4.78, 5) is 50.4. The zero-order valence-corrected chi connectivity index (χ0v) is 17.5. The van der Waals surface area contributed by atoms with Gasteiger partial charge in [-0.1, -0.05) is 0 Å². The number of hydrogen-bond donors (Lipinski definition) is 5. The van der Waals surface area contributed by atoms with Crippen LogP contribution in [-0.4, -0.2) is 53.9 Å². The Morgan fingerprint density at radius 1 is 1.26 bits per heavy atom. The van der Waals surface area contributed by atoms with E-state index in [1.165, 1.54) is 0 Å². The third kappa shape index (κ3) is 6.91. The highest BCUT2D eigenvalue weighted by atomic mass is 31.3. The van der Waals surface area contributed by atoms with E-state index in [1.807, 2.05) is 0 Å². The average molecular weight is 519 g/mol. The number of nitrogens with zero attached hydrogens (tertiary/aromatic N) is 2. The number of alkyl halides is 3. The maximum atomic E-state index is 14.4. The molecule has 0 radical (unpaired) electrons. The molecule has 1 fully saturated rings. The molecule has 1 saturated heterocycles. The van der Waals surface area contributed by atoms with Crippen LogP contribution in [0.5, 0.6) is 0 Å². The molecule has 1 aliphatic rings. The number of nitrogens with two attached hydrogens (primary N) is 1. The largest absolute Gasteiger partial charge is 0.490 e. The minimum absolute atomic E-state index is 0.248. The van der Waals surface area contributed by atoms with Crippen molar-refractivity contribution in [3.8, 4) is 0 Å². The van der Waals surface area contributed by atoms with Gasteiger partial charge in [-0.15, -0.1) is 0 Å². The summed E-state index contributed by atoms with van der Waals surface area (Å²) in [5, 5.41) is 0. The van der Waals surface area contributed by atoms with Crippen molar-refractivity contribution in [2.24, 2.45) is 0 Å². The Bertz CT molecular complexity index is 1020. The van der Waals surface area contributed by atoms with E-state index in [0.29, 0.717) is 4.57 Å². The number of nitrogen functional groups attached to an aromatic ring is 1. The Morgan fingerprint density at radius 2 is 1.87 bits per heavy atom. The highest BCUT2D eigenvalue weighted by Crippen LogP contribution is 2.66. The second kappa shape index (κ2) is 9.00. The molecular weight excluding hydrogens is 504 g/mol. The first kappa shape index (κ1) is 26.1. The molecular formula is C10H15F3N3O12P3. The van der Waals surface area contributed by atoms with Gasteiger partial charge in [-0.25, -0.2) is 31.7 Å². The molecule has 0 saturated carbocycles. The van der Waals surface area contributed by atoms with Crippen molar-refractivity contribution in [2.45, 2.75) is 30.8 Å².